The summed E-state index contributed by atoms with van der Waals surface area (Å²) in [5, 5.41) is 0. The first-order valence-corrected chi connectivity index (χ1v) is 5.22. The lowest BCUT2D eigenvalue weighted by atomic mass is 10.1. The van der Waals surface area contributed by atoms with Gasteiger partial charge in [0.25, 0.3) is 0 Å². The molecule has 1 aliphatic rings. The van der Waals surface area contributed by atoms with Gasteiger partial charge in [-0.15, -0.1) is 11.6 Å². The standard InChI is InChI=1S/C10H10ClFN2O/c11-5-7-3-10(15)14(6-7)9-4-8(12)1-2-13-9/h1-2,4,7H,3,5-6H2. The average Bonchev–Trinajstić information content (AvgIpc) is 2.60. The average molecular weight is 229 g/mol. The highest BCUT2D eigenvalue weighted by Crippen LogP contribution is 2.24. The van der Waals surface area contributed by atoms with Crippen molar-refractivity contribution in [3.63, 3.8) is 0 Å². The number of anilines is 1. The largest absolute Gasteiger partial charge is 0.296 e. The summed E-state index contributed by atoms with van der Waals surface area (Å²) in [6, 6.07) is 2.51. The van der Waals surface area contributed by atoms with Gasteiger partial charge < -0.3 is 0 Å². The molecule has 3 nitrogen and oxygen atoms in total. The van der Waals surface area contributed by atoms with Crippen LogP contribution in [0, 0.1) is 11.7 Å². The second kappa shape index (κ2) is 4.14. The van der Waals surface area contributed by atoms with Gasteiger partial charge in [-0.05, 0) is 12.0 Å². The van der Waals surface area contributed by atoms with Gasteiger partial charge in [0.1, 0.15) is 11.6 Å². The number of rotatable bonds is 2. The van der Waals surface area contributed by atoms with Crippen LogP contribution in [0.4, 0.5) is 10.2 Å². The van der Waals surface area contributed by atoms with E-state index in [0.717, 1.165) is 0 Å². The molecule has 1 unspecified atom stereocenters. The zero-order valence-corrected chi connectivity index (χ0v) is 8.75. The lowest BCUT2D eigenvalue weighted by Crippen LogP contribution is -2.25. The number of pyridine rings is 1. The number of nitrogens with zero attached hydrogens (tertiary/aromatic N) is 2. The highest BCUT2D eigenvalue weighted by molar-refractivity contribution is 6.18. The number of carbonyl (C=O) groups is 1. The second-order valence-electron chi connectivity index (χ2n) is 3.56. The minimum Gasteiger partial charge on any atom is -0.296 e. The van der Waals surface area contributed by atoms with Crippen LogP contribution in [-0.2, 0) is 4.79 Å². The SMILES string of the molecule is O=C1CC(CCl)CN1c1cc(F)ccn1. The predicted molar refractivity (Wildman–Crippen MR) is 55.4 cm³/mol. The Morgan fingerprint density at radius 1 is 1.67 bits per heavy atom. The molecule has 1 aromatic heterocycles. The molecule has 1 fully saturated rings. The van der Waals surface area contributed by atoms with E-state index in [1.807, 2.05) is 0 Å². The van der Waals surface area contributed by atoms with E-state index >= 15 is 0 Å². The van der Waals surface area contributed by atoms with Crippen molar-refractivity contribution in [1.82, 2.24) is 4.98 Å². The Morgan fingerprint density at radius 2 is 2.47 bits per heavy atom. The van der Waals surface area contributed by atoms with E-state index < -0.39 is 0 Å². The van der Waals surface area contributed by atoms with Crippen molar-refractivity contribution in [2.24, 2.45) is 5.92 Å². The fourth-order valence-electron chi connectivity index (χ4n) is 1.65. The molecular formula is C10H10ClFN2O. The van der Waals surface area contributed by atoms with Crippen LogP contribution in [0.25, 0.3) is 0 Å². The Balaban J connectivity index is 2.21. The van der Waals surface area contributed by atoms with Gasteiger partial charge >= 0.3 is 0 Å². The molecule has 0 bridgehead atoms. The van der Waals surface area contributed by atoms with Gasteiger partial charge in [0.05, 0.1) is 0 Å². The van der Waals surface area contributed by atoms with Crippen molar-refractivity contribution in [1.29, 1.82) is 0 Å². The molecule has 80 valence electrons. The topological polar surface area (TPSA) is 33.2 Å². The molecule has 0 N–H and O–H groups in total. The van der Waals surface area contributed by atoms with Crippen molar-refractivity contribution >= 4 is 23.3 Å². The van der Waals surface area contributed by atoms with Crippen LogP contribution in [0.5, 0.6) is 0 Å². The normalized spacial score (nSPS) is 21.1. The molecule has 0 saturated carbocycles. The first-order chi connectivity index (χ1) is 7.20. The van der Waals surface area contributed by atoms with Gasteiger partial charge in [-0.2, -0.15) is 0 Å². The lowest BCUT2D eigenvalue weighted by molar-refractivity contribution is -0.117. The predicted octanol–water partition coefficient (Wildman–Crippen LogP) is 1.81. The van der Waals surface area contributed by atoms with Gasteiger partial charge in [0, 0.05) is 31.1 Å². The van der Waals surface area contributed by atoms with Gasteiger partial charge in [0.15, 0.2) is 0 Å². The summed E-state index contributed by atoms with van der Waals surface area (Å²) in [7, 11) is 0. The molecule has 0 aromatic carbocycles. The van der Waals surface area contributed by atoms with E-state index in [1.165, 1.54) is 23.2 Å². The summed E-state index contributed by atoms with van der Waals surface area (Å²) in [6.45, 7) is 0.527. The second-order valence-corrected chi connectivity index (χ2v) is 3.87. The Kier molecular flexibility index (Phi) is 2.86. The molecule has 1 saturated heterocycles. The van der Waals surface area contributed by atoms with Crippen LogP contribution in [-0.4, -0.2) is 23.3 Å². The van der Waals surface area contributed by atoms with E-state index in [2.05, 4.69) is 4.98 Å². The van der Waals surface area contributed by atoms with Crippen LogP contribution in [0.15, 0.2) is 18.3 Å². The third kappa shape index (κ3) is 2.09. The molecule has 0 radical (unpaired) electrons. The maximum absolute atomic E-state index is 12.9. The van der Waals surface area contributed by atoms with E-state index in [4.69, 9.17) is 11.6 Å². The number of hydrogen-bond acceptors (Lipinski definition) is 2. The molecular weight excluding hydrogens is 219 g/mol. The van der Waals surface area contributed by atoms with Crippen molar-refractivity contribution < 1.29 is 9.18 Å². The summed E-state index contributed by atoms with van der Waals surface area (Å²) in [5.41, 5.74) is 0. The van der Waals surface area contributed by atoms with Crippen molar-refractivity contribution in [2.75, 3.05) is 17.3 Å². The van der Waals surface area contributed by atoms with E-state index in [1.54, 1.807) is 0 Å². The molecule has 5 heteroatoms. The smallest absolute Gasteiger partial charge is 0.228 e. The molecule has 15 heavy (non-hydrogen) atoms. The number of carbonyl (C=O) groups excluding carboxylic acids is 1. The maximum Gasteiger partial charge on any atom is 0.228 e. The van der Waals surface area contributed by atoms with E-state index in [-0.39, 0.29) is 17.6 Å². The Labute approximate surface area is 91.9 Å². The number of amides is 1. The van der Waals surface area contributed by atoms with Gasteiger partial charge in [0.2, 0.25) is 5.91 Å². The van der Waals surface area contributed by atoms with Gasteiger partial charge in [-0.25, -0.2) is 9.37 Å². The molecule has 2 rings (SSSR count). The van der Waals surface area contributed by atoms with Crippen LogP contribution >= 0.6 is 11.6 Å². The molecule has 0 spiro atoms. The molecule has 1 aliphatic heterocycles. The van der Waals surface area contributed by atoms with Crippen molar-refractivity contribution in [2.45, 2.75) is 6.42 Å². The fraction of sp³-hybridized carbons (Fsp3) is 0.400. The van der Waals surface area contributed by atoms with Crippen LogP contribution in [0.1, 0.15) is 6.42 Å². The zero-order valence-electron chi connectivity index (χ0n) is 7.99. The third-order valence-corrected chi connectivity index (χ3v) is 2.84. The highest BCUT2D eigenvalue weighted by Gasteiger charge is 2.30. The number of hydrogen-bond donors (Lipinski definition) is 0. The van der Waals surface area contributed by atoms with Crippen molar-refractivity contribution in [3.05, 3.63) is 24.1 Å². The van der Waals surface area contributed by atoms with Gasteiger partial charge in [-0.1, -0.05) is 0 Å². The molecule has 1 amide bonds. The quantitative estimate of drug-likeness (QED) is 0.724. The maximum atomic E-state index is 12.9. The van der Waals surface area contributed by atoms with Crippen molar-refractivity contribution in [3.8, 4) is 0 Å². The van der Waals surface area contributed by atoms with E-state index in [0.29, 0.717) is 24.7 Å². The summed E-state index contributed by atoms with van der Waals surface area (Å²) in [5.74, 6) is 0.523. The zero-order chi connectivity index (χ0) is 10.8. The number of halogens is 2. The number of aromatic nitrogens is 1. The minimum absolute atomic E-state index is 0.0428. The number of alkyl halides is 1. The summed E-state index contributed by atoms with van der Waals surface area (Å²) in [6.07, 6.45) is 1.77. The summed E-state index contributed by atoms with van der Waals surface area (Å²) in [4.78, 5) is 17.0. The third-order valence-electron chi connectivity index (χ3n) is 2.41. The molecule has 2 heterocycles. The first-order valence-electron chi connectivity index (χ1n) is 4.68. The molecule has 0 aliphatic carbocycles. The van der Waals surface area contributed by atoms with Crippen LogP contribution < -0.4 is 4.90 Å². The lowest BCUT2D eigenvalue weighted by Gasteiger charge is -2.14. The van der Waals surface area contributed by atoms with Crippen LogP contribution in [0.2, 0.25) is 0 Å². The van der Waals surface area contributed by atoms with E-state index in [9.17, 15) is 9.18 Å². The molecule has 1 aromatic rings. The Hall–Kier alpha value is -1.16. The van der Waals surface area contributed by atoms with Gasteiger partial charge in [-0.3, -0.25) is 9.69 Å². The monoisotopic (exact) mass is 228 g/mol. The Morgan fingerprint density at radius 3 is 3.07 bits per heavy atom. The van der Waals surface area contributed by atoms with Crippen LogP contribution in [0.3, 0.4) is 0 Å². The Bertz CT molecular complexity index is 385. The summed E-state index contributed by atoms with van der Waals surface area (Å²) < 4.78 is 12.9. The summed E-state index contributed by atoms with van der Waals surface area (Å²) >= 11 is 5.68. The highest BCUT2D eigenvalue weighted by atomic mass is 35.5. The molecule has 1 atom stereocenters. The fourth-order valence-corrected chi connectivity index (χ4v) is 1.85. The first kappa shape index (κ1) is 10.4. The minimum atomic E-state index is -0.387.